The lowest BCUT2D eigenvalue weighted by atomic mass is 10.0. The van der Waals surface area contributed by atoms with Crippen LogP contribution in [0.25, 0.3) is 0 Å². The molecule has 7 nitrogen and oxygen atoms in total. The molecule has 0 aromatic carbocycles. The van der Waals surface area contributed by atoms with Crippen molar-refractivity contribution in [3.05, 3.63) is 17.0 Å². The van der Waals surface area contributed by atoms with Crippen LogP contribution in [0.1, 0.15) is 50.6 Å². The Hall–Kier alpha value is -2.05. The Morgan fingerprint density at radius 2 is 1.88 bits per heavy atom. The molecule has 0 spiro atoms. The lowest BCUT2D eigenvalue weighted by Crippen LogP contribution is -2.63. The second kappa shape index (κ2) is 6.35. The maximum absolute atomic E-state index is 12.9. The first kappa shape index (κ1) is 17.8. The maximum Gasteiger partial charge on any atom is 0.410 e. The fourth-order valence-corrected chi connectivity index (χ4v) is 3.24. The SMILES string of the molecule is Cc1n[nH]c(C)c1CC(=O)N(C1CC1)C1CN(C(=O)OC(C)(C)C)C1. The van der Waals surface area contributed by atoms with Crippen LogP contribution in [-0.4, -0.2) is 62.8 Å². The molecule has 0 bridgehead atoms. The molecule has 1 aromatic heterocycles. The molecule has 1 aliphatic heterocycles. The third-order valence-corrected chi connectivity index (χ3v) is 4.74. The molecule has 138 valence electrons. The number of aromatic amines is 1. The summed E-state index contributed by atoms with van der Waals surface area (Å²) >= 11 is 0. The zero-order chi connectivity index (χ0) is 18.4. The number of carbonyl (C=O) groups excluding carboxylic acids is 2. The summed E-state index contributed by atoms with van der Waals surface area (Å²) in [5.74, 6) is 0.129. The van der Waals surface area contributed by atoms with E-state index in [1.165, 1.54) is 0 Å². The molecule has 2 aliphatic rings. The first-order chi connectivity index (χ1) is 11.7. The van der Waals surface area contributed by atoms with E-state index in [9.17, 15) is 9.59 Å². The summed E-state index contributed by atoms with van der Waals surface area (Å²) in [4.78, 5) is 28.6. The first-order valence-corrected chi connectivity index (χ1v) is 8.95. The van der Waals surface area contributed by atoms with Crippen molar-refractivity contribution >= 4 is 12.0 Å². The molecular formula is C18H28N4O3. The Balaban J connectivity index is 1.60. The highest BCUT2D eigenvalue weighted by atomic mass is 16.6. The van der Waals surface area contributed by atoms with Crippen LogP contribution < -0.4 is 0 Å². The van der Waals surface area contributed by atoms with Gasteiger partial charge < -0.3 is 14.5 Å². The van der Waals surface area contributed by atoms with E-state index in [1.54, 1.807) is 4.90 Å². The molecule has 1 saturated heterocycles. The van der Waals surface area contributed by atoms with E-state index in [0.29, 0.717) is 25.6 Å². The normalized spacial score (nSPS) is 18.0. The largest absolute Gasteiger partial charge is 0.444 e. The zero-order valence-electron chi connectivity index (χ0n) is 15.8. The summed E-state index contributed by atoms with van der Waals surface area (Å²) < 4.78 is 5.39. The summed E-state index contributed by atoms with van der Waals surface area (Å²) in [6.07, 6.45) is 2.18. The molecule has 0 unspecified atom stereocenters. The molecular weight excluding hydrogens is 320 g/mol. The Morgan fingerprint density at radius 3 is 2.36 bits per heavy atom. The number of hydrogen-bond acceptors (Lipinski definition) is 4. The number of ether oxygens (including phenoxy) is 1. The van der Waals surface area contributed by atoms with Crippen LogP contribution in [0, 0.1) is 13.8 Å². The Bertz CT molecular complexity index is 647. The Kier molecular flexibility index (Phi) is 4.51. The summed E-state index contributed by atoms with van der Waals surface area (Å²) in [7, 11) is 0. The standard InChI is InChI=1S/C18H28N4O3/c1-11-15(12(2)20-19-11)8-16(23)22(13-6-7-13)14-9-21(10-14)17(24)25-18(3,4)5/h13-14H,6-10H2,1-5H3,(H,19,20). The monoisotopic (exact) mass is 348 g/mol. The van der Waals surface area contributed by atoms with Gasteiger partial charge in [-0.3, -0.25) is 9.89 Å². The van der Waals surface area contributed by atoms with E-state index >= 15 is 0 Å². The van der Waals surface area contributed by atoms with E-state index in [1.807, 2.05) is 39.5 Å². The molecule has 25 heavy (non-hydrogen) atoms. The van der Waals surface area contributed by atoms with Gasteiger partial charge in [0, 0.05) is 30.4 Å². The van der Waals surface area contributed by atoms with Gasteiger partial charge in [-0.15, -0.1) is 0 Å². The van der Waals surface area contributed by atoms with Crippen molar-refractivity contribution in [1.82, 2.24) is 20.0 Å². The van der Waals surface area contributed by atoms with E-state index in [2.05, 4.69) is 10.2 Å². The average Bonchev–Trinajstić information content (AvgIpc) is 3.22. The third kappa shape index (κ3) is 3.96. The lowest BCUT2D eigenvalue weighted by molar-refractivity contribution is -0.137. The fourth-order valence-electron chi connectivity index (χ4n) is 3.24. The fraction of sp³-hybridized carbons (Fsp3) is 0.722. The molecule has 3 rings (SSSR count). The van der Waals surface area contributed by atoms with Crippen molar-refractivity contribution in [3.63, 3.8) is 0 Å². The number of rotatable bonds is 4. The molecule has 1 aliphatic carbocycles. The van der Waals surface area contributed by atoms with Crippen LogP contribution in [-0.2, 0) is 16.0 Å². The summed E-state index contributed by atoms with van der Waals surface area (Å²) in [6, 6.07) is 0.422. The molecule has 1 saturated carbocycles. The number of hydrogen-bond donors (Lipinski definition) is 1. The third-order valence-electron chi connectivity index (χ3n) is 4.74. The van der Waals surface area contributed by atoms with Crippen molar-refractivity contribution in [3.8, 4) is 0 Å². The molecule has 1 N–H and O–H groups in total. The number of nitrogens with zero attached hydrogens (tertiary/aromatic N) is 3. The van der Waals surface area contributed by atoms with Gasteiger partial charge in [0.05, 0.1) is 18.2 Å². The Labute approximate surface area is 148 Å². The van der Waals surface area contributed by atoms with Crippen LogP contribution in [0.5, 0.6) is 0 Å². The van der Waals surface area contributed by atoms with Crippen molar-refractivity contribution < 1.29 is 14.3 Å². The van der Waals surface area contributed by atoms with Crippen LogP contribution in [0.4, 0.5) is 4.79 Å². The van der Waals surface area contributed by atoms with Gasteiger partial charge in [-0.05, 0) is 47.5 Å². The predicted octanol–water partition coefficient (Wildman–Crippen LogP) is 2.18. The number of aromatic nitrogens is 2. The smallest absolute Gasteiger partial charge is 0.410 e. The summed E-state index contributed by atoms with van der Waals surface area (Å²) in [5.41, 5.74) is 2.32. The van der Waals surface area contributed by atoms with Crippen LogP contribution >= 0.6 is 0 Å². The van der Waals surface area contributed by atoms with Gasteiger partial charge in [0.15, 0.2) is 0 Å². The van der Waals surface area contributed by atoms with Gasteiger partial charge in [-0.1, -0.05) is 0 Å². The van der Waals surface area contributed by atoms with Crippen molar-refractivity contribution in [2.24, 2.45) is 0 Å². The molecule has 0 atom stereocenters. The van der Waals surface area contributed by atoms with E-state index in [-0.39, 0.29) is 18.0 Å². The predicted molar refractivity (Wildman–Crippen MR) is 93.2 cm³/mol. The van der Waals surface area contributed by atoms with Crippen LogP contribution in [0.15, 0.2) is 0 Å². The van der Waals surface area contributed by atoms with Gasteiger partial charge in [0.2, 0.25) is 5.91 Å². The topological polar surface area (TPSA) is 78.5 Å². The lowest BCUT2D eigenvalue weighted by Gasteiger charge is -2.45. The molecule has 2 fully saturated rings. The number of nitrogens with one attached hydrogen (secondary N) is 1. The van der Waals surface area contributed by atoms with E-state index < -0.39 is 5.60 Å². The minimum absolute atomic E-state index is 0.0973. The average molecular weight is 348 g/mol. The number of H-pyrrole nitrogens is 1. The molecule has 0 radical (unpaired) electrons. The van der Waals surface area contributed by atoms with Crippen LogP contribution in [0.3, 0.4) is 0 Å². The van der Waals surface area contributed by atoms with Crippen LogP contribution in [0.2, 0.25) is 0 Å². The highest BCUT2D eigenvalue weighted by Crippen LogP contribution is 2.33. The summed E-state index contributed by atoms with van der Waals surface area (Å²) in [5, 5.41) is 7.11. The Morgan fingerprint density at radius 1 is 1.24 bits per heavy atom. The highest BCUT2D eigenvalue weighted by molar-refractivity contribution is 5.81. The number of amides is 2. The summed E-state index contributed by atoms with van der Waals surface area (Å²) in [6.45, 7) is 10.5. The van der Waals surface area contributed by atoms with Gasteiger partial charge >= 0.3 is 6.09 Å². The number of carbonyl (C=O) groups is 2. The van der Waals surface area contributed by atoms with Gasteiger partial charge in [0.25, 0.3) is 0 Å². The molecule has 2 heterocycles. The number of likely N-dealkylation sites (tertiary alicyclic amines) is 1. The minimum atomic E-state index is -0.496. The van der Waals surface area contributed by atoms with Gasteiger partial charge in [-0.25, -0.2) is 4.79 Å². The molecule has 1 aromatic rings. The van der Waals surface area contributed by atoms with Gasteiger partial charge in [-0.2, -0.15) is 5.10 Å². The van der Waals surface area contributed by atoms with Gasteiger partial charge in [0.1, 0.15) is 5.60 Å². The maximum atomic E-state index is 12.9. The van der Waals surface area contributed by atoms with Crippen molar-refractivity contribution in [2.45, 2.75) is 71.6 Å². The quantitative estimate of drug-likeness (QED) is 0.904. The van der Waals surface area contributed by atoms with Crippen molar-refractivity contribution in [2.75, 3.05) is 13.1 Å². The van der Waals surface area contributed by atoms with E-state index in [4.69, 9.17) is 4.74 Å². The van der Waals surface area contributed by atoms with E-state index in [0.717, 1.165) is 29.8 Å². The highest BCUT2D eigenvalue weighted by Gasteiger charge is 2.44. The number of aryl methyl sites for hydroxylation is 2. The van der Waals surface area contributed by atoms with Crippen molar-refractivity contribution in [1.29, 1.82) is 0 Å². The zero-order valence-corrected chi connectivity index (χ0v) is 15.8. The molecule has 2 amide bonds. The second-order valence-electron chi connectivity index (χ2n) is 8.16. The minimum Gasteiger partial charge on any atom is -0.444 e. The first-order valence-electron chi connectivity index (χ1n) is 8.95. The molecule has 7 heteroatoms. The second-order valence-corrected chi connectivity index (χ2v) is 8.16.